The summed E-state index contributed by atoms with van der Waals surface area (Å²) in [5.41, 5.74) is 2.03. The van der Waals surface area contributed by atoms with Gasteiger partial charge in [-0.05, 0) is 29.2 Å². The molecule has 128 valence electrons. The highest BCUT2D eigenvalue weighted by atomic mass is 16.5. The van der Waals surface area contributed by atoms with Gasteiger partial charge in [0.2, 0.25) is 0 Å². The van der Waals surface area contributed by atoms with Crippen LogP contribution in [0.1, 0.15) is 30.1 Å². The molecule has 0 radical (unpaired) electrons. The van der Waals surface area contributed by atoms with Crippen molar-refractivity contribution in [2.75, 3.05) is 6.61 Å². The van der Waals surface area contributed by atoms with Gasteiger partial charge in [-0.25, -0.2) is 0 Å². The van der Waals surface area contributed by atoms with E-state index in [1.54, 1.807) is 6.20 Å². The fraction of sp³-hybridized carbons (Fsp3) is 0.300. The van der Waals surface area contributed by atoms with Gasteiger partial charge in [-0.3, -0.25) is 9.48 Å². The van der Waals surface area contributed by atoms with Crippen LogP contribution in [0.3, 0.4) is 0 Å². The summed E-state index contributed by atoms with van der Waals surface area (Å²) in [4.78, 5) is 11.5. The molecule has 1 fully saturated rings. The Morgan fingerprint density at radius 2 is 2.08 bits per heavy atom. The van der Waals surface area contributed by atoms with E-state index in [0.29, 0.717) is 19.6 Å². The molecular formula is C20H20N2O3. The summed E-state index contributed by atoms with van der Waals surface area (Å²) in [6.45, 7) is 1.24. The smallest absolute Gasteiger partial charge is 0.309 e. The molecule has 3 aromatic rings. The number of benzene rings is 2. The predicted molar refractivity (Wildman–Crippen MR) is 94.3 cm³/mol. The van der Waals surface area contributed by atoms with Crippen LogP contribution in [0.4, 0.5) is 0 Å². The minimum absolute atomic E-state index is 0.410. The van der Waals surface area contributed by atoms with Crippen LogP contribution in [0.25, 0.3) is 10.8 Å². The van der Waals surface area contributed by atoms with E-state index < -0.39 is 18.0 Å². The van der Waals surface area contributed by atoms with Crippen LogP contribution >= 0.6 is 0 Å². The highest BCUT2D eigenvalue weighted by Gasteiger charge is 2.33. The first-order valence-electron chi connectivity index (χ1n) is 8.56. The number of carbonyl (C=O) groups is 1. The molecule has 0 unspecified atom stereocenters. The van der Waals surface area contributed by atoms with Gasteiger partial charge in [-0.15, -0.1) is 0 Å². The second-order valence-electron chi connectivity index (χ2n) is 6.49. The van der Waals surface area contributed by atoms with Crippen molar-refractivity contribution in [2.24, 2.45) is 5.92 Å². The van der Waals surface area contributed by atoms with E-state index in [0.717, 1.165) is 12.0 Å². The number of hydrogen-bond acceptors (Lipinski definition) is 3. The molecular weight excluding hydrogens is 316 g/mol. The Morgan fingerprint density at radius 3 is 2.96 bits per heavy atom. The molecule has 1 N–H and O–H groups in total. The summed E-state index contributed by atoms with van der Waals surface area (Å²) in [6.07, 6.45) is 4.67. The second-order valence-corrected chi connectivity index (χ2v) is 6.49. The summed E-state index contributed by atoms with van der Waals surface area (Å²) in [5, 5.41) is 16.3. The largest absolute Gasteiger partial charge is 0.481 e. The summed E-state index contributed by atoms with van der Waals surface area (Å²) in [7, 11) is 0. The number of hydrogen-bond donors (Lipinski definition) is 1. The molecule has 2 aromatic carbocycles. The first kappa shape index (κ1) is 15.8. The molecule has 5 nitrogen and oxygen atoms in total. The zero-order valence-electron chi connectivity index (χ0n) is 13.8. The average molecular weight is 336 g/mol. The van der Waals surface area contributed by atoms with Gasteiger partial charge in [0.25, 0.3) is 0 Å². The van der Waals surface area contributed by atoms with Crippen molar-refractivity contribution in [3.05, 3.63) is 66.0 Å². The second kappa shape index (κ2) is 6.69. The maximum atomic E-state index is 11.5. The Kier molecular flexibility index (Phi) is 4.24. The molecule has 2 heterocycles. The van der Waals surface area contributed by atoms with Crippen LogP contribution in [0.2, 0.25) is 0 Å². The molecule has 0 bridgehead atoms. The van der Waals surface area contributed by atoms with Crippen LogP contribution in [0, 0.1) is 5.92 Å². The quantitative estimate of drug-likeness (QED) is 0.790. The molecule has 2 atom stereocenters. The standard InChI is InChI=1S/C20H20N2O3/c23-20(24)18-9-4-10-25-19(18)16-11-21-22(13-16)12-15-7-3-6-14-5-1-2-8-17(14)15/h1-3,5-8,11,13,18-19H,4,9-10,12H2,(H,23,24)/t18-,19+/m1/s1. The van der Waals surface area contributed by atoms with Crippen molar-refractivity contribution in [2.45, 2.75) is 25.5 Å². The van der Waals surface area contributed by atoms with Crippen molar-refractivity contribution in [1.29, 1.82) is 0 Å². The van der Waals surface area contributed by atoms with E-state index in [2.05, 4.69) is 29.4 Å². The van der Waals surface area contributed by atoms with Crippen molar-refractivity contribution in [1.82, 2.24) is 9.78 Å². The van der Waals surface area contributed by atoms with Gasteiger partial charge in [0, 0.05) is 18.4 Å². The molecule has 0 amide bonds. The Hall–Kier alpha value is -2.66. The Labute approximate surface area is 145 Å². The van der Waals surface area contributed by atoms with Crippen molar-refractivity contribution in [3.8, 4) is 0 Å². The van der Waals surface area contributed by atoms with Gasteiger partial charge in [-0.2, -0.15) is 5.10 Å². The van der Waals surface area contributed by atoms with E-state index >= 15 is 0 Å². The number of carboxylic acid groups (broad SMARTS) is 1. The molecule has 1 saturated heterocycles. The fourth-order valence-electron chi connectivity index (χ4n) is 3.58. The maximum Gasteiger partial charge on any atom is 0.309 e. The highest BCUT2D eigenvalue weighted by molar-refractivity contribution is 5.85. The molecule has 0 saturated carbocycles. The zero-order valence-corrected chi connectivity index (χ0v) is 13.8. The van der Waals surface area contributed by atoms with Crippen LogP contribution < -0.4 is 0 Å². The fourth-order valence-corrected chi connectivity index (χ4v) is 3.58. The van der Waals surface area contributed by atoms with Gasteiger partial charge in [0.05, 0.1) is 24.8 Å². The van der Waals surface area contributed by atoms with E-state index in [1.165, 1.54) is 16.3 Å². The minimum Gasteiger partial charge on any atom is -0.481 e. The Bertz CT molecular complexity index is 897. The van der Waals surface area contributed by atoms with E-state index in [9.17, 15) is 9.90 Å². The van der Waals surface area contributed by atoms with Crippen LogP contribution in [-0.4, -0.2) is 27.5 Å². The number of nitrogens with zero attached hydrogens (tertiary/aromatic N) is 2. The van der Waals surface area contributed by atoms with Gasteiger partial charge in [-0.1, -0.05) is 42.5 Å². The summed E-state index contributed by atoms with van der Waals surface area (Å²) < 4.78 is 7.59. The molecule has 1 aromatic heterocycles. The number of aliphatic carboxylic acids is 1. The minimum atomic E-state index is -0.800. The normalized spacial score (nSPS) is 20.6. The lowest BCUT2D eigenvalue weighted by molar-refractivity contribution is -0.151. The molecule has 0 spiro atoms. The Morgan fingerprint density at radius 1 is 1.24 bits per heavy atom. The lowest BCUT2D eigenvalue weighted by Gasteiger charge is -2.28. The molecule has 4 rings (SSSR count). The number of ether oxygens (including phenoxy) is 1. The number of carboxylic acids is 1. The average Bonchev–Trinajstić information content (AvgIpc) is 3.10. The maximum absolute atomic E-state index is 11.5. The first-order valence-corrected chi connectivity index (χ1v) is 8.56. The molecule has 0 aliphatic carbocycles. The molecule has 5 heteroatoms. The summed E-state index contributed by atoms with van der Waals surface area (Å²) >= 11 is 0. The molecule has 1 aliphatic heterocycles. The van der Waals surface area contributed by atoms with Crippen LogP contribution in [-0.2, 0) is 16.1 Å². The van der Waals surface area contributed by atoms with Crippen molar-refractivity contribution >= 4 is 16.7 Å². The van der Waals surface area contributed by atoms with Gasteiger partial charge < -0.3 is 9.84 Å². The van der Waals surface area contributed by atoms with E-state index in [4.69, 9.17) is 4.74 Å². The lowest BCUT2D eigenvalue weighted by Crippen LogP contribution is -2.28. The van der Waals surface area contributed by atoms with Crippen molar-refractivity contribution < 1.29 is 14.6 Å². The third-order valence-corrected chi connectivity index (χ3v) is 4.83. The number of fused-ring (bicyclic) bond motifs is 1. The monoisotopic (exact) mass is 336 g/mol. The van der Waals surface area contributed by atoms with Gasteiger partial charge >= 0.3 is 5.97 Å². The van der Waals surface area contributed by atoms with Gasteiger partial charge in [0.15, 0.2) is 0 Å². The lowest BCUT2D eigenvalue weighted by atomic mass is 9.91. The van der Waals surface area contributed by atoms with Gasteiger partial charge in [0.1, 0.15) is 0 Å². The number of aromatic nitrogens is 2. The molecule has 1 aliphatic rings. The summed E-state index contributed by atoms with van der Waals surface area (Å²) in [5.74, 6) is -1.30. The predicted octanol–water partition coefficient (Wildman–Crippen LogP) is 3.64. The SMILES string of the molecule is O=C(O)[C@@H]1CCCO[C@H]1c1cnn(Cc2cccc3ccccc23)c1. The summed E-state index contributed by atoms with van der Waals surface area (Å²) in [6, 6.07) is 14.5. The van der Waals surface area contributed by atoms with E-state index in [-0.39, 0.29) is 0 Å². The zero-order chi connectivity index (χ0) is 17.2. The number of rotatable bonds is 4. The van der Waals surface area contributed by atoms with Crippen LogP contribution in [0.5, 0.6) is 0 Å². The third-order valence-electron chi connectivity index (χ3n) is 4.83. The first-order chi connectivity index (χ1) is 12.2. The van der Waals surface area contributed by atoms with Crippen molar-refractivity contribution in [3.63, 3.8) is 0 Å². The van der Waals surface area contributed by atoms with E-state index in [1.807, 2.05) is 29.1 Å². The topological polar surface area (TPSA) is 64.3 Å². The Balaban J connectivity index is 1.60. The molecule has 25 heavy (non-hydrogen) atoms. The highest BCUT2D eigenvalue weighted by Crippen LogP contribution is 2.33. The third kappa shape index (κ3) is 3.15. The van der Waals surface area contributed by atoms with Crippen LogP contribution in [0.15, 0.2) is 54.9 Å².